The second-order valence-electron chi connectivity index (χ2n) is 5.80. The van der Waals surface area contributed by atoms with E-state index >= 15 is 0 Å². The van der Waals surface area contributed by atoms with E-state index in [9.17, 15) is 8.78 Å². The summed E-state index contributed by atoms with van der Waals surface area (Å²) < 4.78 is 34.6. The molecule has 2 aromatic carbocycles. The number of furan rings is 1. The molecular weight excluding hydrogens is 312 g/mol. The van der Waals surface area contributed by atoms with E-state index in [0.717, 1.165) is 22.3 Å². The average Bonchev–Trinajstić information content (AvgIpc) is 2.99. The minimum absolute atomic E-state index is 0.0920. The van der Waals surface area contributed by atoms with Gasteiger partial charge in [0, 0.05) is 11.9 Å². The molecule has 1 aromatic heterocycles. The van der Waals surface area contributed by atoms with Crippen molar-refractivity contribution in [2.45, 2.75) is 26.1 Å². The van der Waals surface area contributed by atoms with Crippen LogP contribution in [-0.4, -0.2) is 18.6 Å². The smallest absolute Gasteiger partial charge is 0.387 e. The van der Waals surface area contributed by atoms with Gasteiger partial charge in [0.1, 0.15) is 17.1 Å². The first kappa shape index (κ1) is 16.5. The van der Waals surface area contributed by atoms with E-state index in [4.69, 9.17) is 4.42 Å². The average molecular weight is 331 g/mol. The largest absolute Gasteiger partial charge is 0.459 e. The van der Waals surface area contributed by atoms with Crippen molar-refractivity contribution in [3.8, 4) is 5.75 Å². The Morgan fingerprint density at radius 2 is 1.79 bits per heavy atom. The van der Waals surface area contributed by atoms with E-state index in [-0.39, 0.29) is 11.8 Å². The summed E-state index contributed by atoms with van der Waals surface area (Å²) in [7, 11) is 2.00. The molecule has 0 amide bonds. The van der Waals surface area contributed by atoms with Crippen LogP contribution in [0.3, 0.4) is 0 Å². The number of alkyl halides is 2. The minimum Gasteiger partial charge on any atom is -0.459 e. The zero-order valence-electron chi connectivity index (χ0n) is 13.6. The molecule has 0 saturated heterocycles. The second-order valence-corrected chi connectivity index (χ2v) is 5.80. The van der Waals surface area contributed by atoms with Gasteiger partial charge in [-0.3, -0.25) is 4.90 Å². The van der Waals surface area contributed by atoms with Crippen molar-refractivity contribution in [3.05, 3.63) is 65.9 Å². The van der Waals surface area contributed by atoms with Gasteiger partial charge in [-0.05, 0) is 43.8 Å². The predicted octanol–water partition coefficient (Wildman–Crippen LogP) is 5.23. The summed E-state index contributed by atoms with van der Waals surface area (Å²) in [5, 5.41) is 1.08. The van der Waals surface area contributed by atoms with Crippen molar-refractivity contribution in [3.63, 3.8) is 0 Å². The van der Waals surface area contributed by atoms with Gasteiger partial charge in [0.05, 0.1) is 6.04 Å². The first-order chi connectivity index (χ1) is 11.5. The van der Waals surface area contributed by atoms with Crippen LogP contribution in [0.4, 0.5) is 8.78 Å². The summed E-state index contributed by atoms with van der Waals surface area (Å²) in [6.45, 7) is -0.0502. The van der Waals surface area contributed by atoms with Crippen molar-refractivity contribution < 1.29 is 17.9 Å². The van der Waals surface area contributed by atoms with E-state index in [0.29, 0.717) is 6.54 Å². The van der Waals surface area contributed by atoms with Gasteiger partial charge in [-0.25, -0.2) is 0 Å². The third-order valence-electron chi connectivity index (χ3n) is 4.10. The number of fused-ring (bicyclic) bond motifs is 1. The molecule has 5 heteroatoms. The van der Waals surface area contributed by atoms with Gasteiger partial charge in [-0.2, -0.15) is 8.78 Å². The quantitative estimate of drug-likeness (QED) is 0.619. The Kier molecular flexibility index (Phi) is 4.81. The first-order valence-corrected chi connectivity index (χ1v) is 7.75. The molecule has 24 heavy (non-hydrogen) atoms. The highest BCUT2D eigenvalue weighted by molar-refractivity contribution is 5.77. The standard InChI is InChI=1S/C19H19F2NO2/c1-13(18-11-15-5-3-4-6-17(15)24-18)22(2)12-14-7-9-16(10-8-14)23-19(20)21/h3-11,13,19H,12H2,1-2H3. The molecule has 126 valence electrons. The van der Waals surface area contributed by atoms with Crippen LogP contribution in [0.25, 0.3) is 11.0 Å². The molecule has 0 bridgehead atoms. The Bertz CT molecular complexity index is 765. The Labute approximate surface area is 139 Å². The molecule has 0 spiro atoms. The van der Waals surface area contributed by atoms with E-state index in [1.165, 1.54) is 0 Å². The molecule has 1 heterocycles. The molecule has 0 fully saturated rings. The lowest BCUT2D eigenvalue weighted by Crippen LogP contribution is -2.21. The summed E-state index contributed by atoms with van der Waals surface area (Å²) in [4.78, 5) is 2.14. The summed E-state index contributed by atoms with van der Waals surface area (Å²) in [5.74, 6) is 1.07. The summed E-state index contributed by atoms with van der Waals surface area (Å²) in [6.07, 6.45) is 0. The Balaban J connectivity index is 1.68. The maximum Gasteiger partial charge on any atom is 0.387 e. The molecule has 0 aliphatic carbocycles. The molecule has 1 unspecified atom stereocenters. The van der Waals surface area contributed by atoms with E-state index in [1.54, 1.807) is 24.3 Å². The highest BCUT2D eigenvalue weighted by Gasteiger charge is 2.16. The first-order valence-electron chi connectivity index (χ1n) is 7.75. The summed E-state index contributed by atoms with van der Waals surface area (Å²) in [5.41, 5.74) is 1.89. The molecule has 3 nitrogen and oxygen atoms in total. The van der Waals surface area contributed by atoms with Crippen LogP contribution < -0.4 is 4.74 Å². The third kappa shape index (κ3) is 3.74. The minimum atomic E-state index is -2.80. The van der Waals surface area contributed by atoms with Gasteiger partial charge >= 0.3 is 6.61 Å². The van der Waals surface area contributed by atoms with Crippen LogP contribution in [0.2, 0.25) is 0 Å². The van der Waals surface area contributed by atoms with Crippen molar-refractivity contribution in [2.24, 2.45) is 0 Å². The van der Waals surface area contributed by atoms with Gasteiger partial charge in [0.15, 0.2) is 0 Å². The van der Waals surface area contributed by atoms with Crippen LogP contribution in [0.15, 0.2) is 59.0 Å². The summed E-state index contributed by atoms with van der Waals surface area (Å²) >= 11 is 0. The highest BCUT2D eigenvalue weighted by Crippen LogP contribution is 2.27. The zero-order chi connectivity index (χ0) is 17.1. The number of nitrogens with zero attached hydrogens (tertiary/aromatic N) is 1. The third-order valence-corrected chi connectivity index (χ3v) is 4.10. The lowest BCUT2D eigenvalue weighted by molar-refractivity contribution is -0.0498. The Morgan fingerprint density at radius 3 is 2.46 bits per heavy atom. The fourth-order valence-corrected chi connectivity index (χ4v) is 2.63. The van der Waals surface area contributed by atoms with Gasteiger partial charge < -0.3 is 9.15 Å². The Hall–Kier alpha value is -2.40. The number of para-hydroxylation sites is 1. The van der Waals surface area contributed by atoms with Gasteiger partial charge in [-0.1, -0.05) is 30.3 Å². The number of benzene rings is 2. The lowest BCUT2D eigenvalue weighted by atomic mass is 10.1. The van der Waals surface area contributed by atoms with Crippen molar-refractivity contribution in [2.75, 3.05) is 7.05 Å². The monoisotopic (exact) mass is 331 g/mol. The molecule has 0 aliphatic rings. The molecule has 3 aromatic rings. The number of rotatable bonds is 6. The van der Waals surface area contributed by atoms with Crippen molar-refractivity contribution in [1.29, 1.82) is 0 Å². The molecule has 0 radical (unpaired) electrons. The van der Waals surface area contributed by atoms with Gasteiger partial charge in [0.2, 0.25) is 0 Å². The van der Waals surface area contributed by atoms with Crippen LogP contribution in [0.5, 0.6) is 5.75 Å². The maximum absolute atomic E-state index is 12.2. The number of hydrogen-bond donors (Lipinski definition) is 0. The van der Waals surface area contributed by atoms with Crippen LogP contribution in [-0.2, 0) is 6.54 Å². The highest BCUT2D eigenvalue weighted by atomic mass is 19.3. The van der Waals surface area contributed by atoms with Crippen molar-refractivity contribution in [1.82, 2.24) is 4.90 Å². The van der Waals surface area contributed by atoms with Gasteiger partial charge in [0.25, 0.3) is 0 Å². The van der Waals surface area contributed by atoms with Crippen LogP contribution in [0.1, 0.15) is 24.3 Å². The van der Waals surface area contributed by atoms with Crippen molar-refractivity contribution >= 4 is 11.0 Å². The van der Waals surface area contributed by atoms with E-state index < -0.39 is 6.61 Å². The fourth-order valence-electron chi connectivity index (χ4n) is 2.63. The Morgan fingerprint density at radius 1 is 1.08 bits per heavy atom. The molecule has 0 saturated carbocycles. The molecular formula is C19H19F2NO2. The molecule has 3 rings (SSSR count). The summed E-state index contributed by atoms with van der Waals surface area (Å²) in [6, 6.07) is 16.8. The second kappa shape index (κ2) is 7.01. The SMILES string of the molecule is CC(c1cc2ccccc2o1)N(C)Cc1ccc(OC(F)F)cc1. The number of halogens is 2. The van der Waals surface area contributed by atoms with Crippen LogP contribution in [0, 0.1) is 0 Å². The van der Waals surface area contributed by atoms with E-state index in [2.05, 4.69) is 22.6 Å². The topological polar surface area (TPSA) is 25.6 Å². The normalized spacial score (nSPS) is 12.9. The number of hydrogen-bond acceptors (Lipinski definition) is 3. The van der Waals surface area contributed by atoms with Crippen LogP contribution >= 0.6 is 0 Å². The maximum atomic E-state index is 12.2. The zero-order valence-corrected chi connectivity index (χ0v) is 13.6. The molecule has 0 aliphatic heterocycles. The predicted molar refractivity (Wildman–Crippen MR) is 89.2 cm³/mol. The molecule has 0 N–H and O–H groups in total. The van der Waals surface area contributed by atoms with E-state index in [1.807, 2.05) is 31.3 Å². The van der Waals surface area contributed by atoms with Gasteiger partial charge in [-0.15, -0.1) is 0 Å². The number of ether oxygens (including phenoxy) is 1. The fraction of sp³-hybridized carbons (Fsp3) is 0.263. The lowest BCUT2D eigenvalue weighted by Gasteiger charge is -2.23. The molecule has 1 atom stereocenters.